The molecule has 8 heteroatoms. The van der Waals surface area contributed by atoms with Crippen molar-refractivity contribution in [1.29, 1.82) is 0 Å². The number of pyridine rings is 1. The van der Waals surface area contributed by atoms with Gasteiger partial charge in [0.25, 0.3) is 5.56 Å². The molecular weight excluding hydrogens is 414 g/mol. The summed E-state index contributed by atoms with van der Waals surface area (Å²) in [5, 5.41) is 14.0. The number of benzene rings is 2. The van der Waals surface area contributed by atoms with Crippen molar-refractivity contribution in [2.24, 2.45) is 0 Å². The summed E-state index contributed by atoms with van der Waals surface area (Å²) in [4.78, 5) is 13.1. The zero-order valence-corrected chi connectivity index (χ0v) is 17.5. The molecule has 3 aromatic heterocycles. The maximum Gasteiger partial charge on any atom is 0.280 e. The Morgan fingerprint density at radius 3 is 2.55 bits per heavy atom. The third-order valence-electron chi connectivity index (χ3n) is 5.17. The van der Waals surface area contributed by atoms with E-state index >= 15 is 0 Å². The monoisotopic (exact) mass is 431 g/mol. The number of ether oxygens (including phenoxy) is 1. The van der Waals surface area contributed by atoms with Gasteiger partial charge < -0.3 is 9.30 Å². The molecule has 0 unspecified atom stereocenters. The van der Waals surface area contributed by atoms with E-state index in [1.54, 1.807) is 28.5 Å². The molecule has 0 bridgehead atoms. The summed E-state index contributed by atoms with van der Waals surface area (Å²) < 4.78 is 8.59. The van der Waals surface area contributed by atoms with Crippen LogP contribution >= 0.6 is 11.6 Å². The van der Waals surface area contributed by atoms with E-state index in [1.165, 1.54) is 0 Å². The predicted octanol–water partition coefficient (Wildman–Crippen LogP) is 3.95. The van der Waals surface area contributed by atoms with E-state index in [2.05, 4.69) is 10.2 Å². The maximum absolute atomic E-state index is 13.1. The Morgan fingerprint density at radius 1 is 1.00 bits per heavy atom. The number of nitrogens with zero attached hydrogens (tertiary/aromatic N) is 5. The second-order valence-electron chi connectivity index (χ2n) is 7.13. The summed E-state index contributed by atoms with van der Waals surface area (Å²) >= 11 is 6.26. The van der Waals surface area contributed by atoms with Crippen LogP contribution < -0.4 is 5.56 Å². The summed E-state index contributed by atoms with van der Waals surface area (Å²) in [6, 6.07) is 19.1. The van der Waals surface area contributed by atoms with Gasteiger partial charge in [-0.25, -0.2) is 4.52 Å². The Kier molecular flexibility index (Phi) is 4.97. The van der Waals surface area contributed by atoms with Crippen LogP contribution in [0.15, 0.2) is 71.7 Å². The molecular formula is C23H18ClN5O2. The van der Waals surface area contributed by atoms with E-state index in [4.69, 9.17) is 21.4 Å². The second-order valence-corrected chi connectivity index (χ2v) is 7.54. The molecule has 0 spiro atoms. The second kappa shape index (κ2) is 7.94. The minimum Gasteiger partial charge on any atom is -0.378 e. The van der Waals surface area contributed by atoms with Crippen LogP contribution in [-0.4, -0.2) is 31.5 Å². The van der Waals surface area contributed by atoms with Crippen LogP contribution in [0.3, 0.4) is 0 Å². The average molecular weight is 432 g/mol. The molecule has 5 aromatic rings. The Morgan fingerprint density at radius 2 is 1.77 bits per heavy atom. The lowest BCUT2D eigenvalue weighted by Crippen LogP contribution is -2.22. The van der Waals surface area contributed by atoms with E-state index in [1.807, 2.05) is 54.6 Å². The van der Waals surface area contributed by atoms with Gasteiger partial charge in [0.2, 0.25) is 0 Å². The fourth-order valence-electron chi connectivity index (χ4n) is 3.70. The highest BCUT2D eigenvalue weighted by Crippen LogP contribution is 2.29. The van der Waals surface area contributed by atoms with Crippen LogP contribution in [0.5, 0.6) is 0 Å². The van der Waals surface area contributed by atoms with Gasteiger partial charge in [-0.15, -0.1) is 10.2 Å². The van der Waals surface area contributed by atoms with Gasteiger partial charge in [0, 0.05) is 18.3 Å². The maximum atomic E-state index is 13.1. The number of halogens is 1. The molecule has 0 fully saturated rings. The predicted molar refractivity (Wildman–Crippen MR) is 119 cm³/mol. The summed E-state index contributed by atoms with van der Waals surface area (Å²) in [7, 11) is 1.62. The molecule has 0 saturated heterocycles. The fourth-order valence-corrected chi connectivity index (χ4v) is 3.90. The van der Waals surface area contributed by atoms with Gasteiger partial charge in [0.15, 0.2) is 11.2 Å². The molecule has 0 atom stereocenters. The van der Waals surface area contributed by atoms with Crippen molar-refractivity contribution in [2.75, 3.05) is 7.11 Å². The van der Waals surface area contributed by atoms with E-state index in [-0.39, 0.29) is 11.1 Å². The molecule has 3 heterocycles. The van der Waals surface area contributed by atoms with Gasteiger partial charge in [0.1, 0.15) is 5.52 Å². The first kappa shape index (κ1) is 19.4. The van der Waals surface area contributed by atoms with Crippen LogP contribution in [0.25, 0.3) is 27.8 Å². The molecule has 2 aromatic carbocycles. The Hall–Kier alpha value is -3.55. The van der Waals surface area contributed by atoms with Crippen molar-refractivity contribution < 1.29 is 4.74 Å². The van der Waals surface area contributed by atoms with Gasteiger partial charge >= 0.3 is 0 Å². The molecule has 5 rings (SSSR count). The number of hydrogen-bond donors (Lipinski definition) is 0. The van der Waals surface area contributed by atoms with Crippen molar-refractivity contribution in [3.63, 3.8) is 0 Å². The average Bonchev–Trinajstić information content (AvgIpc) is 3.16. The largest absolute Gasteiger partial charge is 0.378 e. The lowest BCUT2D eigenvalue weighted by Gasteiger charge is -2.09. The van der Waals surface area contributed by atoms with Crippen LogP contribution in [0, 0.1) is 0 Å². The number of rotatable bonds is 5. The molecule has 31 heavy (non-hydrogen) atoms. The van der Waals surface area contributed by atoms with Crippen molar-refractivity contribution in [2.45, 2.75) is 13.2 Å². The highest BCUT2D eigenvalue weighted by atomic mass is 35.5. The van der Waals surface area contributed by atoms with E-state index < -0.39 is 0 Å². The fraction of sp³-hybridized carbons (Fsp3) is 0.130. The summed E-state index contributed by atoms with van der Waals surface area (Å²) in [5.41, 5.74) is 4.55. The summed E-state index contributed by atoms with van der Waals surface area (Å²) in [6.45, 7) is 0.663. The van der Waals surface area contributed by atoms with Gasteiger partial charge in [-0.05, 0) is 23.3 Å². The molecule has 0 aliphatic heterocycles. The molecule has 0 amide bonds. The first-order valence-electron chi connectivity index (χ1n) is 9.72. The van der Waals surface area contributed by atoms with Crippen LogP contribution in [0.4, 0.5) is 0 Å². The molecule has 0 radical (unpaired) electrons. The topological polar surface area (TPSA) is 74.3 Å². The van der Waals surface area contributed by atoms with Crippen molar-refractivity contribution in [1.82, 2.24) is 24.4 Å². The molecule has 154 valence electrons. The molecule has 0 aliphatic carbocycles. The minimum atomic E-state index is -0.253. The highest BCUT2D eigenvalue weighted by molar-refractivity contribution is 6.31. The number of hydrogen-bond acceptors (Lipinski definition) is 5. The summed E-state index contributed by atoms with van der Waals surface area (Å²) in [5.74, 6) is 0. The Balaban J connectivity index is 1.70. The number of methoxy groups -OCH3 is 1. The molecule has 7 nitrogen and oxygen atoms in total. The van der Waals surface area contributed by atoms with Crippen molar-refractivity contribution in [3.05, 3.63) is 93.5 Å². The standard InChI is InChI=1S/C23H18ClN5O2/c1-31-14-18-20(15-7-3-2-4-8-15)22-26-25-21-19(29(22)27-18)11-12-28(23(21)30)13-16-9-5-6-10-17(16)24/h2-12H,13-14H2,1H3. The highest BCUT2D eigenvalue weighted by Gasteiger charge is 2.19. The van der Waals surface area contributed by atoms with Crippen molar-refractivity contribution in [3.8, 4) is 11.1 Å². The zero-order valence-electron chi connectivity index (χ0n) is 16.7. The Labute approximate surface area is 182 Å². The number of aromatic nitrogens is 5. The zero-order chi connectivity index (χ0) is 21.4. The smallest absolute Gasteiger partial charge is 0.280 e. The first-order chi connectivity index (χ1) is 15.2. The van der Waals surface area contributed by atoms with Gasteiger partial charge in [-0.2, -0.15) is 5.10 Å². The van der Waals surface area contributed by atoms with E-state index in [9.17, 15) is 4.79 Å². The molecule has 0 aliphatic rings. The van der Waals surface area contributed by atoms with Crippen LogP contribution in [0.2, 0.25) is 5.02 Å². The minimum absolute atomic E-state index is 0.244. The lowest BCUT2D eigenvalue weighted by atomic mass is 10.1. The SMILES string of the molecule is COCc1nn2c(nnc3c(=O)n(Cc4ccccc4Cl)ccc32)c1-c1ccccc1. The lowest BCUT2D eigenvalue weighted by molar-refractivity contribution is 0.181. The van der Waals surface area contributed by atoms with Crippen molar-refractivity contribution >= 4 is 28.3 Å². The third kappa shape index (κ3) is 3.37. The van der Waals surface area contributed by atoms with Gasteiger partial charge in [-0.1, -0.05) is 60.1 Å². The summed E-state index contributed by atoms with van der Waals surface area (Å²) in [6.07, 6.45) is 1.73. The Bertz CT molecular complexity index is 1460. The third-order valence-corrected chi connectivity index (χ3v) is 5.54. The normalized spacial score (nSPS) is 11.4. The number of fused-ring (bicyclic) bond motifs is 3. The van der Waals surface area contributed by atoms with E-state index in [0.29, 0.717) is 29.3 Å². The molecule has 0 N–H and O–H groups in total. The van der Waals surface area contributed by atoms with E-state index in [0.717, 1.165) is 22.4 Å². The van der Waals surface area contributed by atoms with Crippen LogP contribution in [0.1, 0.15) is 11.3 Å². The van der Waals surface area contributed by atoms with Gasteiger partial charge in [-0.3, -0.25) is 4.79 Å². The van der Waals surface area contributed by atoms with Crippen LogP contribution in [-0.2, 0) is 17.9 Å². The first-order valence-corrected chi connectivity index (χ1v) is 10.1. The molecule has 0 saturated carbocycles. The van der Waals surface area contributed by atoms with Gasteiger partial charge in [0.05, 0.1) is 24.4 Å². The quantitative estimate of drug-likeness (QED) is 0.421.